The second-order valence-electron chi connectivity index (χ2n) is 2.32. The third-order valence-electron chi connectivity index (χ3n) is 1.27. The number of carbonyl (C=O) groups excluding carboxylic acids is 1. The van der Waals surface area contributed by atoms with Crippen LogP contribution in [0.4, 0.5) is 0 Å². The summed E-state index contributed by atoms with van der Waals surface area (Å²) in [7, 11) is 0. The van der Waals surface area contributed by atoms with Crippen molar-refractivity contribution < 1.29 is 14.7 Å². The molecule has 0 aliphatic rings. The predicted octanol–water partition coefficient (Wildman–Crippen LogP) is -0.00400. The molecule has 1 aromatic rings. The first-order chi connectivity index (χ1) is 5.68. The Hall–Kier alpha value is -1.65. The first-order valence-corrected chi connectivity index (χ1v) is 3.40. The molecular weight excluding hydrogens is 160 g/mol. The average molecular weight is 168 g/mol. The number of ketones is 1. The molecule has 0 aliphatic heterocycles. The first kappa shape index (κ1) is 8.45. The van der Waals surface area contributed by atoms with E-state index in [-0.39, 0.29) is 12.2 Å². The Balaban J connectivity index is 2.42. The van der Waals surface area contributed by atoms with Gasteiger partial charge in [0.1, 0.15) is 12.2 Å². The number of H-pyrrole nitrogens is 1. The quantitative estimate of drug-likeness (QED) is 0.619. The fourth-order valence-electron chi connectivity index (χ4n) is 0.813. The van der Waals surface area contributed by atoms with E-state index in [1.54, 1.807) is 6.20 Å². The van der Waals surface area contributed by atoms with Gasteiger partial charge in [-0.1, -0.05) is 0 Å². The van der Waals surface area contributed by atoms with Gasteiger partial charge in [0.25, 0.3) is 0 Å². The number of hydrogen-bond donors (Lipinski definition) is 2. The number of Topliss-reactive ketones (excluding diaryl/α,β-unsaturated/α-hetero) is 1. The van der Waals surface area contributed by atoms with Crippen molar-refractivity contribution in [2.75, 3.05) is 0 Å². The van der Waals surface area contributed by atoms with Gasteiger partial charge in [-0.3, -0.25) is 9.59 Å². The number of nitrogens with one attached hydrogen (secondary N) is 1. The van der Waals surface area contributed by atoms with Crippen LogP contribution in [0.5, 0.6) is 0 Å². The Morgan fingerprint density at radius 1 is 1.58 bits per heavy atom. The molecule has 0 saturated heterocycles. The van der Waals surface area contributed by atoms with E-state index >= 15 is 0 Å². The molecule has 1 heterocycles. The van der Waals surface area contributed by atoms with Crippen molar-refractivity contribution >= 4 is 11.8 Å². The van der Waals surface area contributed by atoms with Gasteiger partial charge in [-0.05, 0) is 0 Å². The highest BCUT2D eigenvalue weighted by atomic mass is 16.4. The maximum atomic E-state index is 10.9. The highest BCUT2D eigenvalue weighted by molar-refractivity contribution is 5.95. The lowest BCUT2D eigenvalue weighted by Crippen LogP contribution is -2.10. The van der Waals surface area contributed by atoms with E-state index in [1.165, 1.54) is 6.20 Å². The van der Waals surface area contributed by atoms with Crippen molar-refractivity contribution in [3.05, 3.63) is 18.2 Å². The Morgan fingerprint density at radius 3 is 2.83 bits per heavy atom. The number of hydrogen-bond acceptors (Lipinski definition) is 3. The second-order valence-corrected chi connectivity index (χ2v) is 2.32. The summed E-state index contributed by atoms with van der Waals surface area (Å²) in [5, 5.41) is 8.26. The molecule has 5 heteroatoms. The largest absolute Gasteiger partial charge is 0.481 e. The molecule has 0 saturated carbocycles. The molecule has 0 amide bonds. The smallest absolute Gasteiger partial charge is 0.310 e. The Labute approximate surface area is 68.4 Å². The van der Waals surface area contributed by atoms with E-state index in [0.717, 1.165) is 0 Å². The highest BCUT2D eigenvalue weighted by Gasteiger charge is 2.09. The van der Waals surface area contributed by atoms with Crippen LogP contribution in [-0.2, 0) is 16.0 Å². The second kappa shape index (κ2) is 3.66. The minimum atomic E-state index is -1.11. The van der Waals surface area contributed by atoms with Gasteiger partial charge >= 0.3 is 5.97 Å². The lowest BCUT2D eigenvalue weighted by Gasteiger charge is -1.92. The summed E-state index contributed by atoms with van der Waals surface area (Å²) >= 11 is 0. The molecule has 64 valence electrons. The van der Waals surface area contributed by atoms with Crippen LogP contribution in [0.2, 0.25) is 0 Å². The number of nitrogens with zero attached hydrogens (tertiary/aromatic N) is 1. The van der Waals surface area contributed by atoms with Crippen molar-refractivity contribution in [1.29, 1.82) is 0 Å². The molecule has 0 unspecified atom stereocenters. The number of aromatic nitrogens is 2. The van der Waals surface area contributed by atoms with E-state index in [4.69, 9.17) is 5.11 Å². The van der Waals surface area contributed by atoms with Gasteiger partial charge in [0, 0.05) is 12.4 Å². The summed E-state index contributed by atoms with van der Waals surface area (Å²) in [6, 6.07) is 0. The minimum Gasteiger partial charge on any atom is -0.481 e. The molecule has 0 aliphatic carbocycles. The molecule has 12 heavy (non-hydrogen) atoms. The van der Waals surface area contributed by atoms with Gasteiger partial charge < -0.3 is 10.1 Å². The van der Waals surface area contributed by atoms with Crippen LogP contribution in [0, 0.1) is 0 Å². The van der Waals surface area contributed by atoms with Crippen LogP contribution in [-0.4, -0.2) is 26.8 Å². The van der Waals surface area contributed by atoms with Gasteiger partial charge in [-0.15, -0.1) is 0 Å². The van der Waals surface area contributed by atoms with Crippen molar-refractivity contribution in [2.45, 2.75) is 12.8 Å². The topological polar surface area (TPSA) is 83.0 Å². The van der Waals surface area contributed by atoms with Crippen LogP contribution in [0.25, 0.3) is 0 Å². The molecule has 5 nitrogen and oxygen atoms in total. The average Bonchev–Trinajstić information content (AvgIpc) is 2.37. The summed E-state index contributed by atoms with van der Waals surface area (Å²) in [6.07, 6.45) is 2.72. The molecule has 1 aromatic heterocycles. The van der Waals surface area contributed by atoms with Crippen LogP contribution < -0.4 is 0 Å². The normalized spacial score (nSPS) is 9.67. The van der Waals surface area contributed by atoms with Crippen LogP contribution in [0.15, 0.2) is 12.4 Å². The zero-order chi connectivity index (χ0) is 8.97. The summed E-state index contributed by atoms with van der Waals surface area (Å²) < 4.78 is 0. The molecule has 0 aromatic carbocycles. The maximum Gasteiger partial charge on any atom is 0.310 e. The predicted molar refractivity (Wildman–Crippen MR) is 39.6 cm³/mol. The van der Waals surface area contributed by atoms with E-state index in [0.29, 0.717) is 5.82 Å². The van der Waals surface area contributed by atoms with E-state index < -0.39 is 12.4 Å². The molecule has 0 atom stereocenters. The Bertz CT molecular complexity index is 279. The molecule has 2 N–H and O–H groups in total. The van der Waals surface area contributed by atoms with Crippen molar-refractivity contribution in [3.8, 4) is 0 Å². The summed E-state index contributed by atoms with van der Waals surface area (Å²) in [4.78, 5) is 27.5. The van der Waals surface area contributed by atoms with Crippen LogP contribution in [0.3, 0.4) is 0 Å². The zero-order valence-corrected chi connectivity index (χ0v) is 6.28. The Morgan fingerprint density at radius 2 is 2.33 bits per heavy atom. The Kier molecular flexibility index (Phi) is 2.57. The third kappa shape index (κ3) is 2.53. The lowest BCUT2D eigenvalue weighted by atomic mass is 10.2. The minimum absolute atomic E-state index is 0.0549. The van der Waals surface area contributed by atoms with E-state index in [9.17, 15) is 9.59 Å². The monoisotopic (exact) mass is 168 g/mol. The van der Waals surface area contributed by atoms with Gasteiger partial charge in [0.15, 0.2) is 5.78 Å². The highest BCUT2D eigenvalue weighted by Crippen LogP contribution is 1.94. The number of imidazole rings is 1. The molecule has 1 rings (SSSR count). The lowest BCUT2D eigenvalue weighted by molar-refractivity contribution is -0.140. The molecule has 0 spiro atoms. The maximum absolute atomic E-state index is 10.9. The summed E-state index contributed by atoms with van der Waals surface area (Å²) in [6.45, 7) is 0. The zero-order valence-electron chi connectivity index (χ0n) is 6.28. The fourth-order valence-corrected chi connectivity index (χ4v) is 0.813. The van der Waals surface area contributed by atoms with Crippen molar-refractivity contribution in [1.82, 2.24) is 9.97 Å². The molecular formula is C7H8N2O3. The van der Waals surface area contributed by atoms with Gasteiger partial charge in [-0.25, -0.2) is 4.98 Å². The van der Waals surface area contributed by atoms with Gasteiger partial charge in [0.2, 0.25) is 0 Å². The molecule has 0 fully saturated rings. The number of carbonyl (C=O) groups is 2. The number of carboxylic acid groups (broad SMARTS) is 1. The standard InChI is InChI=1S/C7H8N2O3/c10-5(4-7(11)12)3-6-8-1-2-9-6/h1-2H,3-4H2,(H,8,9)(H,11,12). The van der Waals surface area contributed by atoms with Crippen LogP contribution in [0.1, 0.15) is 12.2 Å². The number of carboxylic acids is 1. The number of rotatable bonds is 4. The molecule has 0 bridgehead atoms. The van der Waals surface area contributed by atoms with Crippen molar-refractivity contribution in [3.63, 3.8) is 0 Å². The van der Waals surface area contributed by atoms with Gasteiger partial charge in [-0.2, -0.15) is 0 Å². The number of aliphatic carboxylic acids is 1. The number of aromatic amines is 1. The van der Waals surface area contributed by atoms with Crippen molar-refractivity contribution in [2.24, 2.45) is 0 Å². The third-order valence-corrected chi connectivity index (χ3v) is 1.27. The summed E-state index contributed by atoms with van der Waals surface area (Å²) in [5.41, 5.74) is 0. The SMILES string of the molecule is O=C(O)CC(=O)Cc1ncc[nH]1. The molecule has 0 radical (unpaired) electrons. The van der Waals surface area contributed by atoms with E-state index in [2.05, 4.69) is 9.97 Å². The van der Waals surface area contributed by atoms with E-state index in [1.807, 2.05) is 0 Å². The summed E-state index contributed by atoms with van der Waals surface area (Å²) in [5.74, 6) is -0.953. The fraction of sp³-hybridized carbons (Fsp3) is 0.286. The van der Waals surface area contributed by atoms with Gasteiger partial charge in [0.05, 0.1) is 6.42 Å². The first-order valence-electron chi connectivity index (χ1n) is 3.40. The van der Waals surface area contributed by atoms with Crippen LogP contribution >= 0.6 is 0 Å².